The van der Waals surface area contributed by atoms with E-state index in [1.807, 2.05) is 0 Å². The number of hydrogen-bond acceptors (Lipinski definition) is 5. The average Bonchev–Trinajstić information content (AvgIpc) is 3.49. The Labute approximate surface area is 173 Å². The van der Waals surface area contributed by atoms with E-state index in [0.29, 0.717) is 37.2 Å². The number of benzene rings is 1. The Kier molecular flexibility index (Phi) is 4.29. The lowest BCUT2D eigenvalue weighted by molar-refractivity contribution is -0.141. The second kappa shape index (κ2) is 6.66. The molecule has 2 saturated carbocycles. The number of aliphatic hydroxyl groups is 1. The van der Waals surface area contributed by atoms with Gasteiger partial charge in [0.25, 0.3) is 5.91 Å². The normalized spacial score (nSPS) is 30.7. The fourth-order valence-corrected chi connectivity index (χ4v) is 4.83. The second-order valence-electron chi connectivity index (χ2n) is 8.85. The first-order chi connectivity index (χ1) is 14.3. The molecule has 0 unspecified atom stereocenters. The van der Waals surface area contributed by atoms with Crippen LogP contribution in [0.2, 0.25) is 0 Å². The number of halogens is 1. The van der Waals surface area contributed by atoms with E-state index in [-0.39, 0.29) is 48.5 Å². The van der Waals surface area contributed by atoms with Crippen LogP contribution >= 0.6 is 0 Å². The molecule has 2 aliphatic heterocycles. The molecule has 0 radical (unpaired) electrons. The van der Waals surface area contributed by atoms with Gasteiger partial charge in [-0.25, -0.2) is 9.18 Å². The molecular formula is C21H24FN3O5. The van der Waals surface area contributed by atoms with Crippen LogP contribution in [0.5, 0.6) is 0 Å². The molecular weight excluding hydrogens is 393 g/mol. The summed E-state index contributed by atoms with van der Waals surface area (Å²) in [4.78, 5) is 38.5. The van der Waals surface area contributed by atoms with Crippen LogP contribution in [0, 0.1) is 17.7 Å². The first-order valence-corrected chi connectivity index (χ1v) is 10.3. The van der Waals surface area contributed by atoms with E-state index < -0.39 is 17.8 Å². The Hall–Kier alpha value is -2.68. The zero-order valence-electron chi connectivity index (χ0n) is 16.6. The quantitative estimate of drug-likeness (QED) is 0.744. The lowest BCUT2D eigenvalue weighted by Gasteiger charge is -2.23. The number of ether oxygens (including phenoxy) is 1. The minimum absolute atomic E-state index is 0.0648. The minimum atomic E-state index is -1.15. The third kappa shape index (κ3) is 3.21. The van der Waals surface area contributed by atoms with Crippen molar-refractivity contribution in [2.75, 3.05) is 31.1 Å². The highest BCUT2D eigenvalue weighted by Gasteiger charge is 2.61. The topological polar surface area (TPSA) is 99.2 Å². The number of nitrogens with one attached hydrogen (secondary N) is 1. The third-order valence-corrected chi connectivity index (χ3v) is 6.71. The monoisotopic (exact) mass is 417 g/mol. The summed E-state index contributed by atoms with van der Waals surface area (Å²) in [6, 6.07) is 4.77. The van der Waals surface area contributed by atoms with Gasteiger partial charge in [-0.2, -0.15) is 0 Å². The molecule has 160 valence electrons. The van der Waals surface area contributed by atoms with Gasteiger partial charge < -0.3 is 20.1 Å². The molecule has 9 heteroatoms. The predicted octanol–water partition coefficient (Wildman–Crippen LogP) is 0.984. The first-order valence-electron chi connectivity index (χ1n) is 10.3. The van der Waals surface area contributed by atoms with Gasteiger partial charge in [0, 0.05) is 20.0 Å². The van der Waals surface area contributed by atoms with Crippen LogP contribution in [0.3, 0.4) is 0 Å². The number of hydrogen-bond donors (Lipinski definition) is 2. The van der Waals surface area contributed by atoms with Gasteiger partial charge in [-0.05, 0) is 48.3 Å². The number of fused-ring (bicyclic) bond motifs is 1. The van der Waals surface area contributed by atoms with E-state index >= 15 is 0 Å². The molecule has 3 amide bonds. The van der Waals surface area contributed by atoms with E-state index in [4.69, 9.17) is 4.74 Å². The van der Waals surface area contributed by atoms with Crippen LogP contribution in [0.4, 0.5) is 14.9 Å². The molecule has 4 aliphatic rings. The standard InChI is InChI=1S/C21H24FN3O5/c1-11(26)23-7-13-8-25(20(28)30-13)12-2-3-14(17(22)6-12)18-15-9-24(10-16(15)18)19(27)21(29)4-5-21/h2-3,6,13,15-16,18,29H,4-5,7-10H2,1H3,(H,23,26)/t13-,15-,16+,18+/m0/s1. The Morgan fingerprint density at radius 3 is 2.57 bits per heavy atom. The van der Waals surface area contributed by atoms with Gasteiger partial charge in [0.05, 0.1) is 18.8 Å². The van der Waals surface area contributed by atoms with E-state index in [1.165, 1.54) is 17.9 Å². The Balaban J connectivity index is 1.22. The SMILES string of the molecule is CC(=O)NC[C@H]1CN(c2ccc([C@H]3[C@@H]4CN(C(=O)C5(O)CC5)C[C@@H]43)c(F)c2)C(=O)O1. The van der Waals surface area contributed by atoms with Crippen molar-refractivity contribution in [3.63, 3.8) is 0 Å². The molecule has 1 aromatic carbocycles. The molecule has 4 atom stereocenters. The first kappa shape index (κ1) is 19.3. The maximum Gasteiger partial charge on any atom is 0.414 e. The fraction of sp³-hybridized carbons (Fsp3) is 0.571. The highest BCUT2D eigenvalue weighted by molar-refractivity contribution is 5.90. The number of cyclic esters (lactones) is 1. The van der Waals surface area contributed by atoms with Crippen molar-refractivity contribution < 1.29 is 28.6 Å². The van der Waals surface area contributed by atoms with Crippen LogP contribution < -0.4 is 10.2 Å². The van der Waals surface area contributed by atoms with Gasteiger partial charge in [0.2, 0.25) is 5.91 Å². The lowest BCUT2D eigenvalue weighted by Crippen LogP contribution is -2.40. The molecule has 5 rings (SSSR count). The molecule has 0 bridgehead atoms. The fourth-order valence-electron chi connectivity index (χ4n) is 4.83. The van der Waals surface area contributed by atoms with Crippen LogP contribution in [0.15, 0.2) is 18.2 Å². The summed E-state index contributed by atoms with van der Waals surface area (Å²) < 4.78 is 20.1. The molecule has 0 spiro atoms. The highest BCUT2D eigenvalue weighted by atomic mass is 19.1. The lowest BCUT2D eigenvalue weighted by atomic mass is 10.0. The number of amides is 3. The highest BCUT2D eigenvalue weighted by Crippen LogP contribution is 2.59. The maximum absolute atomic E-state index is 14.9. The van der Waals surface area contributed by atoms with Gasteiger partial charge in [-0.1, -0.05) is 6.07 Å². The summed E-state index contributed by atoms with van der Waals surface area (Å²) in [6.45, 7) is 2.96. The third-order valence-electron chi connectivity index (χ3n) is 6.71. The number of anilines is 1. The van der Waals surface area contributed by atoms with Crippen LogP contribution in [0.1, 0.15) is 31.2 Å². The smallest absolute Gasteiger partial charge is 0.414 e. The summed E-state index contributed by atoms with van der Waals surface area (Å²) in [6.07, 6.45) is 0.0218. The molecule has 4 fully saturated rings. The van der Waals surface area contributed by atoms with Crippen molar-refractivity contribution in [3.8, 4) is 0 Å². The zero-order valence-corrected chi connectivity index (χ0v) is 16.6. The van der Waals surface area contributed by atoms with E-state index in [1.54, 1.807) is 17.0 Å². The number of carbonyl (C=O) groups is 3. The van der Waals surface area contributed by atoms with Gasteiger partial charge >= 0.3 is 6.09 Å². The van der Waals surface area contributed by atoms with Crippen molar-refractivity contribution in [3.05, 3.63) is 29.6 Å². The predicted molar refractivity (Wildman–Crippen MR) is 103 cm³/mol. The Bertz CT molecular complexity index is 921. The van der Waals surface area contributed by atoms with E-state index in [9.17, 15) is 23.9 Å². The van der Waals surface area contributed by atoms with Crippen molar-refractivity contribution in [1.29, 1.82) is 0 Å². The van der Waals surface area contributed by atoms with Gasteiger partial charge in [0.1, 0.15) is 17.5 Å². The van der Waals surface area contributed by atoms with Crippen LogP contribution in [-0.2, 0) is 14.3 Å². The number of carbonyl (C=O) groups excluding carboxylic acids is 3. The van der Waals surface area contributed by atoms with Gasteiger partial charge in [-0.15, -0.1) is 0 Å². The molecule has 2 N–H and O–H groups in total. The van der Waals surface area contributed by atoms with E-state index in [2.05, 4.69) is 5.32 Å². The molecule has 0 aromatic heterocycles. The molecule has 8 nitrogen and oxygen atoms in total. The van der Waals surface area contributed by atoms with Crippen LogP contribution in [-0.4, -0.2) is 65.8 Å². The summed E-state index contributed by atoms with van der Waals surface area (Å²) >= 11 is 0. The van der Waals surface area contributed by atoms with Gasteiger partial charge in [0.15, 0.2) is 0 Å². The number of rotatable bonds is 5. The van der Waals surface area contributed by atoms with E-state index in [0.717, 1.165) is 0 Å². The summed E-state index contributed by atoms with van der Waals surface area (Å²) in [7, 11) is 0. The Morgan fingerprint density at radius 2 is 1.97 bits per heavy atom. The largest absolute Gasteiger partial charge is 0.442 e. The average molecular weight is 417 g/mol. The maximum atomic E-state index is 14.9. The summed E-state index contributed by atoms with van der Waals surface area (Å²) in [5.41, 5.74) is -0.125. The number of nitrogens with zero attached hydrogens (tertiary/aromatic N) is 2. The van der Waals surface area contributed by atoms with Crippen LogP contribution in [0.25, 0.3) is 0 Å². The molecule has 1 aromatic rings. The summed E-state index contributed by atoms with van der Waals surface area (Å²) in [5.74, 6) is -0.267. The van der Waals surface area contributed by atoms with Gasteiger partial charge in [-0.3, -0.25) is 14.5 Å². The minimum Gasteiger partial charge on any atom is -0.442 e. The van der Waals surface area contributed by atoms with Crippen molar-refractivity contribution in [1.82, 2.24) is 10.2 Å². The number of piperidine rings is 1. The zero-order chi connectivity index (χ0) is 21.2. The van der Waals surface area contributed by atoms with Crippen molar-refractivity contribution >= 4 is 23.6 Å². The molecule has 2 heterocycles. The molecule has 30 heavy (non-hydrogen) atoms. The Morgan fingerprint density at radius 1 is 1.27 bits per heavy atom. The second-order valence-corrected chi connectivity index (χ2v) is 8.85. The molecule has 2 aliphatic carbocycles. The number of likely N-dealkylation sites (tertiary alicyclic amines) is 1. The molecule has 2 saturated heterocycles. The van der Waals surface area contributed by atoms with Crippen molar-refractivity contribution in [2.45, 2.75) is 37.4 Å². The van der Waals surface area contributed by atoms with Crippen molar-refractivity contribution in [2.24, 2.45) is 11.8 Å². The summed E-state index contributed by atoms with van der Waals surface area (Å²) in [5, 5.41) is 12.6.